The Balaban J connectivity index is 1.59. The second kappa shape index (κ2) is 9.78. The van der Waals surface area contributed by atoms with Crippen LogP contribution in [0.15, 0.2) is 77.6 Å². The number of fused-ring (bicyclic) bond motifs is 2. The molecule has 184 valence electrons. The van der Waals surface area contributed by atoms with Gasteiger partial charge >= 0.3 is 6.03 Å². The van der Waals surface area contributed by atoms with E-state index in [4.69, 9.17) is 16.6 Å². The molecule has 0 aliphatic carbocycles. The number of halogens is 1. The number of aromatic nitrogens is 2. The van der Waals surface area contributed by atoms with Gasteiger partial charge in [-0.25, -0.2) is 9.78 Å². The molecule has 0 saturated carbocycles. The largest absolute Gasteiger partial charge is 0.322 e. The lowest BCUT2D eigenvalue weighted by Gasteiger charge is -2.35. The number of carbonyl (C=O) groups is 1. The smallest absolute Gasteiger partial charge is 0.308 e. The van der Waals surface area contributed by atoms with Crippen molar-refractivity contribution in [2.24, 2.45) is 0 Å². The van der Waals surface area contributed by atoms with Crippen LogP contribution in [0.2, 0.25) is 5.02 Å². The van der Waals surface area contributed by atoms with Crippen LogP contribution >= 0.6 is 11.6 Å². The second-order valence-electron chi connectivity index (χ2n) is 9.56. The summed E-state index contributed by atoms with van der Waals surface area (Å²) in [4.78, 5) is 34.0. The van der Waals surface area contributed by atoms with Crippen molar-refractivity contribution >= 4 is 34.2 Å². The molecule has 0 spiro atoms. The molecule has 1 N–H and O–H groups in total. The monoisotopic (exact) mass is 500 g/mol. The summed E-state index contributed by atoms with van der Waals surface area (Å²) in [5.41, 5.74) is 3.33. The second-order valence-corrected chi connectivity index (χ2v) is 10.00. The number of urea groups is 1. The lowest BCUT2D eigenvalue weighted by molar-refractivity contribution is 0.159. The van der Waals surface area contributed by atoms with Gasteiger partial charge in [0.25, 0.3) is 5.56 Å². The fourth-order valence-corrected chi connectivity index (χ4v) is 5.27. The molecule has 5 rings (SSSR count). The molecular weight excluding hydrogens is 472 g/mol. The number of amides is 2. The molecule has 6 nitrogen and oxygen atoms in total. The highest BCUT2D eigenvalue weighted by Gasteiger charge is 2.37. The lowest BCUT2D eigenvalue weighted by atomic mass is 10.0. The molecule has 1 aliphatic rings. The van der Waals surface area contributed by atoms with Crippen molar-refractivity contribution in [1.82, 2.24) is 14.5 Å². The summed E-state index contributed by atoms with van der Waals surface area (Å²) in [5, 5.41) is 4.15. The van der Waals surface area contributed by atoms with Crippen molar-refractivity contribution in [2.45, 2.75) is 51.7 Å². The van der Waals surface area contributed by atoms with Crippen LogP contribution in [0.4, 0.5) is 10.5 Å². The maximum absolute atomic E-state index is 14.0. The number of nitrogens with zero attached hydrogens (tertiary/aromatic N) is 3. The molecule has 1 aromatic heterocycles. The number of benzene rings is 3. The molecule has 7 heteroatoms. The van der Waals surface area contributed by atoms with Gasteiger partial charge in [0.1, 0.15) is 5.82 Å². The fourth-order valence-electron chi connectivity index (χ4n) is 5.10. The number of nitrogens with one attached hydrogen (secondary N) is 1. The number of hydrogen-bond donors (Lipinski definition) is 1. The zero-order valence-electron chi connectivity index (χ0n) is 20.6. The van der Waals surface area contributed by atoms with Gasteiger partial charge < -0.3 is 10.2 Å². The summed E-state index contributed by atoms with van der Waals surface area (Å²) in [6.07, 6.45) is 0.600. The zero-order valence-corrected chi connectivity index (χ0v) is 21.4. The third kappa shape index (κ3) is 4.37. The summed E-state index contributed by atoms with van der Waals surface area (Å²) in [5.74, 6) is 0.858. The molecule has 2 atom stereocenters. The highest BCUT2D eigenvalue weighted by atomic mass is 35.5. The van der Waals surface area contributed by atoms with Crippen molar-refractivity contribution in [3.63, 3.8) is 0 Å². The Morgan fingerprint density at radius 3 is 2.53 bits per heavy atom. The maximum atomic E-state index is 14.0. The van der Waals surface area contributed by atoms with Gasteiger partial charge in [0.2, 0.25) is 0 Å². The first kappa shape index (κ1) is 24.1. The van der Waals surface area contributed by atoms with Gasteiger partial charge in [-0.15, -0.1) is 0 Å². The Morgan fingerprint density at radius 1 is 1.06 bits per heavy atom. The zero-order chi connectivity index (χ0) is 25.4. The van der Waals surface area contributed by atoms with Gasteiger partial charge in [0, 0.05) is 17.3 Å². The minimum atomic E-state index is -0.362. The number of para-hydroxylation sites is 1. The maximum Gasteiger partial charge on any atom is 0.322 e. The number of carbonyl (C=O) groups excluding carboxylic acids is 1. The van der Waals surface area contributed by atoms with E-state index in [0.29, 0.717) is 34.7 Å². The Kier molecular flexibility index (Phi) is 6.54. The fraction of sp³-hybridized carbons (Fsp3) is 0.276. The molecule has 0 fully saturated rings. The van der Waals surface area contributed by atoms with Crippen LogP contribution in [0.3, 0.4) is 0 Å². The van der Waals surface area contributed by atoms with Gasteiger partial charge in [-0.1, -0.05) is 74.0 Å². The number of anilines is 1. The van der Waals surface area contributed by atoms with E-state index in [-0.39, 0.29) is 29.6 Å². The molecular formula is C29H29ClN4O2. The molecule has 2 amide bonds. The van der Waals surface area contributed by atoms with E-state index >= 15 is 0 Å². The van der Waals surface area contributed by atoms with Crippen LogP contribution in [-0.4, -0.2) is 20.5 Å². The average molecular weight is 501 g/mol. The van der Waals surface area contributed by atoms with Crippen LogP contribution in [0.5, 0.6) is 0 Å². The van der Waals surface area contributed by atoms with Crippen molar-refractivity contribution in [1.29, 1.82) is 0 Å². The third-order valence-corrected chi connectivity index (χ3v) is 7.20. The number of hydrogen-bond acceptors (Lipinski definition) is 3. The molecule has 3 aromatic carbocycles. The third-order valence-electron chi connectivity index (χ3n) is 6.96. The van der Waals surface area contributed by atoms with Crippen LogP contribution in [-0.2, 0) is 6.54 Å². The van der Waals surface area contributed by atoms with Crippen LogP contribution in [0.25, 0.3) is 10.9 Å². The minimum Gasteiger partial charge on any atom is -0.308 e. The highest BCUT2D eigenvalue weighted by molar-refractivity contribution is 6.31. The van der Waals surface area contributed by atoms with E-state index < -0.39 is 0 Å². The van der Waals surface area contributed by atoms with Crippen molar-refractivity contribution < 1.29 is 4.79 Å². The topological polar surface area (TPSA) is 67.2 Å². The summed E-state index contributed by atoms with van der Waals surface area (Å²) >= 11 is 6.15. The Labute approximate surface area is 215 Å². The first-order valence-electron chi connectivity index (χ1n) is 12.3. The van der Waals surface area contributed by atoms with E-state index in [2.05, 4.69) is 19.2 Å². The average Bonchev–Trinajstić information content (AvgIpc) is 3.29. The molecule has 36 heavy (non-hydrogen) atoms. The van der Waals surface area contributed by atoms with Crippen molar-refractivity contribution in [3.8, 4) is 0 Å². The normalized spacial score (nSPS) is 15.6. The van der Waals surface area contributed by atoms with Crippen molar-refractivity contribution in [2.75, 3.05) is 5.32 Å². The van der Waals surface area contributed by atoms with Gasteiger partial charge in [0.15, 0.2) is 0 Å². The first-order valence-corrected chi connectivity index (χ1v) is 12.7. The summed E-state index contributed by atoms with van der Waals surface area (Å²) < 4.78 is 1.68. The quantitative estimate of drug-likeness (QED) is 0.323. The number of rotatable bonds is 5. The lowest BCUT2D eigenvalue weighted by Crippen LogP contribution is -2.40. The summed E-state index contributed by atoms with van der Waals surface area (Å²) in [6.45, 7) is 6.72. The van der Waals surface area contributed by atoms with Gasteiger partial charge in [0.05, 0.1) is 23.0 Å². The van der Waals surface area contributed by atoms with E-state index in [1.807, 2.05) is 66.4 Å². The minimum absolute atomic E-state index is 0.127. The van der Waals surface area contributed by atoms with Crippen molar-refractivity contribution in [3.05, 3.63) is 105 Å². The van der Waals surface area contributed by atoms with E-state index in [1.54, 1.807) is 22.8 Å². The van der Waals surface area contributed by atoms with Crippen LogP contribution < -0.4 is 10.9 Å². The van der Waals surface area contributed by atoms with Crippen LogP contribution in [0, 0.1) is 0 Å². The molecule has 0 saturated heterocycles. The predicted octanol–water partition coefficient (Wildman–Crippen LogP) is 6.91. The predicted molar refractivity (Wildman–Crippen MR) is 145 cm³/mol. The van der Waals surface area contributed by atoms with Gasteiger partial charge in [-0.2, -0.15) is 0 Å². The van der Waals surface area contributed by atoms with E-state index in [0.717, 1.165) is 16.8 Å². The summed E-state index contributed by atoms with van der Waals surface area (Å²) in [6, 6.07) is 22.1. The Morgan fingerprint density at radius 2 is 1.78 bits per heavy atom. The van der Waals surface area contributed by atoms with E-state index in [9.17, 15) is 9.59 Å². The van der Waals surface area contributed by atoms with E-state index in [1.165, 1.54) is 0 Å². The molecule has 0 bridgehead atoms. The van der Waals surface area contributed by atoms with Gasteiger partial charge in [-0.05, 0) is 54.7 Å². The molecule has 2 unspecified atom stereocenters. The van der Waals surface area contributed by atoms with Crippen LogP contribution in [0.1, 0.15) is 62.1 Å². The molecule has 1 aliphatic heterocycles. The standard InChI is InChI=1S/C29H29ClN4O2/c1-18(2)22-11-7-8-12-24(22)32-29(36)34(19(3)20-9-5-4-6-10-20)26-15-16-33-27(26)31-25-14-13-21(30)17-23(25)28(33)35/h4-14,17-19,26H,15-16H2,1-3H3,(H,32,36). The Hall–Kier alpha value is -3.64. The first-order chi connectivity index (χ1) is 17.3. The molecule has 4 aromatic rings. The SMILES string of the molecule is CC(C)c1ccccc1NC(=O)N(C(C)c1ccccc1)C1CCn2c1nc1ccc(Cl)cc1c2=O. The summed E-state index contributed by atoms with van der Waals surface area (Å²) in [7, 11) is 0. The highest BCUT2D eigenvalue weighted by Crippen LogP contribution is 2.37. The molecule has 0 radical (unpaired) electrons. The Bertz CT molecular complexity index is 1480. The molecule has 2 heterocycles. The van der Waals surface area contributed by atoms with Gasteiger partial charge in [-0.3, -0.25) is 9.36 Å².